The molecule has 104 valence electrons. The molecule has 1 amide bonds. The van der Waals surface area contributed by atoms with Crippen LogP contribution in [0.2, 0.25) is 0 Å². The molecular formula is C14H26N2O2. The van der Waals surface area contributed by atoms with E-state index in [0.717, 1.165) is 51.4 Å². The number of amides is 1. The smallest absolute Gasteiger partial charge is 0.222 e. The number of aliphatic hydroxyl groups is 1. The Labute approximate surface area is 109 Å². The van der Waals surface area contributed by atoms with Crippen molar-refractivity contribution < 1.29 is 9.90 Å². The average molecular weight is 254 g/mol. The van der Waals surface area contributed by atoms with Crippen LogP contribution in [0.5, 0.6) is 0 Å². The molecule has 2 fully saturated rings. The number of nitrogens with one attached hydrogen (secondary N) is 1. The minimum absolute atomic E-state index is 0.0235. The van der Waals surface area contributed by atoms with Gasteiger partial charge >= 0.3 is 0 Å². The van der Waals surface area contributed by atoms with Crippen LogP contribution in [0.15, 0.2) is 0 Å². The van der Waals surface area contributed by atoms with Gasteiger partial charge in [-0.05, 0) is 25.7 Å². The van der Waals surface area contributed by atoms with Crippen molar-refractivity contribution in [2.75, 3.05) is 6.61 Å². The van der Waals surface area contributed by atoms with E-state index in [0.29, 0.717) is 6.42 Å². The summed E-state index contributed by atoms with van der Waals surface area (Å²) < 4.78 is 0. The largest absolute Gasteiger partial charge is 0.394 e. The molecule has 0 bridgehead atoms. The van der Waals surface area contributed by atoms with Crippen molar-refractivity contribution in [1.29, 1.82) is 0 Å². The summed E-state index contributed by atoms with van der Waals surface area (Å²) in [6.07, 6.45) is 9.76. The third-order valence-corrected chi connectivity index (χ3v) is 4.63. The van der Waals surface area contributed by atoms with Crippen molar-refractivity contribution in [3.05, 3.63) is 0 Å². The molecule has 4 N–H and O–H groups in total. The van der Waals surface area contributed by atoms with Crippen molar-refractivity contribution >= 4 is 5.91 Å². The van der Waals surface area contributed by atoms with Gasteiger partial charge in [-0.15, -0.1) is 0 Å². The molecule has 0 unspecified atom stereocenters. The van der Waals surface area contributed by atoms with Gasteiger partial charge in [-0.3, -0.25) is 4.79 Å². The third kappa shape index (κ3) is 3.23. The fourth-order valence-electron chi connectivity index (χ4n) is 3.47. The fourth-order valence-corrected chi connectivity index (χ4v) is 3.47. The van der Waals surface area contributed by atoms with Crippen molar-refractivity contribution in [3.63, 3.8) is 0 Å². The van der Waals surface area contributed by atoms with Crippen molar-refractivity contribution in [2.24, 2.45) is 5.73 Å². The Bertz CT molecular complexity index is 292. The average Bonchev–Trinajstić information content (AvgIpc) is 2.76. The Morgan fingerprint density at radius 1 is 1.06 bits per heavy atom. The SMILES string of the molecule is NC1(CC(=O)NC2(CO)CCCCC2)CCCC1. The lowest BCUT2D eigenvalue weighted by atomic mass is 9.82. The highest BCUT2D eigenvalue weighted by Gasteiger charge is 2.36. The Morgan fingerprint density at radius 3 is 2.17 bits per heavy atom. The van der Waals surface area contributed by atoms with Crippen LogP contribution in [0.1, 0.15) is 64.2 Å². The molecule has 0 aromatic heterocycles. The molecule has 4 nitrogen and oxygen atoms in total. The Morgan fingerprint density at radius 2 is 1.61 bits per heavy atom. The summed E-state index contributed by atoms with van der Waals surface area (Å²) in [5.41, 5.74) is 5.56. The van der Waals surface area contributed by atoms with Gasteiger partial charge in [0.15, 0.2) is 0 Å². The van der Waals surface area contributed by atoms with Gasteiger partial charge in [0, 0.05) is 12.0 Å². The maximum Gasteiger partial charge on any atom is 0.222 e. The van der Waals surface area contributed by atoms with E-state index in [1.807, 2.05) is 0 Å². The number of nitrogens with two attached hydrogens (primary N) is 1. The second-order valence-electron chi connectivity index (χ2n) is 6.29. The topological polar surface area (TPSA) is 75.4 Å². The van der Waals surface area contributed by atoms with E-state index in [1.54, 1.807) is 0 Å². The molecule has 0 aromatic carbocycles. The molecule has 0 aromatic rings. The molecule has 2 rings (SSSR count). The minimum atomic E-state index is -0.371. The van der Waals surface area contributed by atoms with Crippen LogP contribution in [0.4, 0.5) is 0 Å². The molecule has 2 saturated carbocycles. The van der Waals surface area contributed by atoms with E-state index in [1.165, 1.54) is 6.42 Å². The van der Waals surface area contributed by atoms with Crippen molar-refractivity contribution in [1.82, 2.24) is 5.32 Å². The lowest BCUT2D eigenvalue weighted by Crippen LogP contribution is -2.54. The van der Waals surface area contributed by atoms with Crippen molar-refractivity contribution in [3.8, 4) is 0 Å². The number of carbonyl (C=O) groups excluding carboxylic acids is 1. The van der Waals surface area contributed by atoms with Gasteiger partial charge in [0.1, 0.15) is 0 Å². The van der Waals surface area contributed by atoms with Crippen LogP contribution in [0.25, 0.3) is 0 Å². The highest BCUT2D eigenvalue weighted by atomic mass is 16.3. The molecule has 18 heavy (non-hydrogen) atoms. The number of hydrogen-bond donors (Lipinski definition) is 3. The van der Waals surface area contributed by atoms with Gasteiger partial charge in [0.2, 0.25) is 5.91 Å². The summed E-state index contributed by atoms with van der Waals surface area (Å²) in [6.45, 7) is 0.0519. The number of carbonyl (C=O) groups is 1. The van der Waals surface area contributed by atoms with E-state index in [4.69, 9.17) is 5.73 Å². The highest BCUT2D eigenvalue weighted by molar-refractivity contribution is 5.78. The summed E-state index contributed by atoms with van der Waals surface area (Å²) in [4.78, 5) is 12.1. The Balaban J connectivity index is 1.89. The summed E-state index contributed by atoms with van der Waals surface area (Å²) in [6, 6.07) is 0. The first-order chi connectivity index (χ1) is 8.58. The first kappa shape index (κ1) is 13.8. The number of hydrogen-bond acceptors (Lipinski definition) is 3. The van der Waals surface area contributed by atoms with Gasteiger partial charge in [0.25, 0.3) is 0 Å². The molecule has 2 aliphatic carbocycles. The molecule has 0 atom stereocenters. The molecule has 0 spiro atoms. The second kappa shape index (κ2) is 5.57. The second-order valence-corrected chi connectivity index (χ2v) is 6.29. The zero-order valence-corrected chi connectivity index (χ0v) is 11.2. The third-order valence-electron chi connectivity index (χ3n) is 4.63. The van der Waals surface area contributed by atoms with Gasteiger partial charge in [-0.2, -0.15) is 0 Å². The zero-order chi connectivity index (χ0) is 13.1. The van der Waals surface area contributed by atoms with E-state index >= 15 is 0 Å². The first-order valence-electron chi connectivity index (χ1n) is 7.28. The molecule has 0 saturated heterocycles. The van der Waals surface area contributed by atoms with Crippen LogP contribution in [-0.4, -0.2) is 28.7 Å². The van der Waals surface area contributed by atoms with Crippen LogP contribution < -0.4 is 11.1 Å². The van der Waals surface area contributed by atoms with Gasteiger partial charge in [-0.1, -0.05) is 32.1 Å². The summed E-state index contributed by atoms with van der Waals surface area (Å²) in [5, 5.41) is 12.6. The van der Waals surface area contributed by atoms with E-state index in [-0.39, 0.29) is 23.6 Å². The maximum absolute atomic E-state index is 12.1. The maximum atomic E-state index is 12.1. The molecular weight excluding hydrogens is 228 g/mol. The lowest BCUT2D eigenvalue weighted by Gasteiger charge is -2.37. The molecule has 2 aliphatic rings. The van der Waals surface area contributed by atoms with Gasteiger partial charge < -0.3 is 16.2 Å². The monoisotopic (exact) mass is 254 g/mol. The Kier molecular flexibility index (Phi) is 4.28. The minimum Gasteiger partial charge on any atom is -0.394 e. The van der Waals surface area contributed by atoms with Gasteiger partial charge in [0.05, 0.1) is 12.1 Å². The summed E-state index contributed by atoms with van der Waals surface area (Å²) in [7, 11) is 0. The van der Waals surface area contributed by atoms with Gasteiger partial charge in [-0.25, -0.2) is 0 Å². The van der Waals surface area contributed by atoms with Crippen LogP contribution in [0, 0.1) is 0 Å². The molecule has 0 heterocycles. The first-order valence-corrected chi connectivity index (χ1v) is 7.28. The number of rotatable bonds is 4. The highest BCUT2D eigenvalue weighted by Crippen LogP contribution is 2.31. The standard InChI is InChI=1S/C14H26N2O2/c15-13(6-4-5-7-13)10-12(18)16-14(11-17)8-2-1-3-9-14/h17H,1-11,15H2,(H,16,18). The van der Waals surface area contributed by atoms with E-state index < -0.39 is 0 Å². The predicted octanol–water partition coefficient (Wildman–Crippen LogP) is 1.46. The fraction of sp³-hybridized carbons (Fsp3) is 0.929. The Hall–Kier alpha value is -0.610. The molecule has 4 heteroatoms. The predicted molar refractivity (Wildman–Crippen MR) is 71.0 cm³/mol. The summed E-state index contributed by atoms with van der Waals surface area (Å²) in [5.74, 6) is 0.0235. The van der Waals surface area contributed by atoms with E-state index in [2.05, 4.69) is 5.32 Å². The lowest BCUT2D eigenvalue weighted by molar-refractivity contribution is -0.125. The normalized spacial score (nSPS) is 25.9. The van der Waals surface area contributed by atoms with Crippen molar-refractivity contribution in [2.45, 2.75) is 75.3 Å². The van der Waals surface area contributed by atoms with E-state index in [9.17, 15) is 9.90 Å². The zero-order valence-electron chi connectivity index (χ0n) is 11.2. The molecule has 0 aliphatic heterocycles. The summed E-state index contributed by atoms with van der Waals surface area (Å²) >= 11 is 0. The molecule has 0 radical (unpaired) electrons. The number of aliphatic hydroxyl groups excluding tert-OH is 1. The van der Waals surface area contributed by atoms with Crippen LogP contribution >= 0.6 is 0 Å². The van der Waals surface area contributed by atoms with Crippen LogP contribution in [0.3, 0.4) is 0 Å². The quantitative estimate of drug-likeness (QED) is 0.711. The van der Waals surface area contributed by atoms with Crippen LogP contribution in [-0.2, 0) is 4.79 Å².